The Hall–Kier alpha value is -3.26. The first kappa shape index (κ1) is 23.5. The maximum absolute atomic E-state index is 12.3. The van der Waals surface area contributed by atoms with Crippen LogP contribution in [0.5, 0.6) is 0 Å². The number of benzene rings is 1. The molecule has 0 unspecified atom stereocenters. The molecule has 3 aromatic heterocycles. The van der Waals surface area contributed by atoms with E-state index in [4.69, 9.17) is 15.0 Å². The zero-order valence-electron chi connectivity index (χ0n) is 21.0. The molecule has 1 fully saturated rings. The van der Waals surface area contributed by atoms with Crippen LogP contribution in [0, 0.1) is 13.8 Å². The summed E-state index contributed by atoms with van der Waals surface area (Å²) in [6.07, 6.45) is 4.45. The number of nitrogens with zero attached hydrogens (tertiary/aromatic N) is 5. The van der Waals surface area contributed by atoms with E-state index in [9.17, 15) is 4.79 Å². The van der Waals surface area contributed by atoms with E-state index in [0.29, 0.717) is 19.4 Å². The van der Waals surface area contributed by atoms with Crippen LogP contribution in [0.4, 0.5) is 0 Å². The number of amides is 1. The highest BCUT2D eigenvalue weighted by Gasteiger charge is 2.15. The number of imidazole rings is 2. The van der Waals surface area contributed by atoms with Crippen molar-refractivity contribution >= 4 is 28.1 Å². The molecule has 1 saturated heterocycles. The number of aromatic amines is 1. The quantitative estimate of drug-likeness (QED) is 0.387. The van der Waals surface area contributed by atoms with Gasteiger partial charge in [-0.3, -0.25) is 4.79 Å². The van der Waals surface area contributed by atoms with E-state index < -0.39 is 0 Å². The van der Waals surface area contributed by atoms with Crippen molar-refractivity contribution < 1.29 is 4.79 Å². The highest BCUT2D eigenvalue weighted by Crippen LogP contribution is 2.22. The Labute approximate surface area is 206 Å². The van der Waals surface area contributed by atoms with Gasteiger partial charge in [0.05, 0.1) is 17.6 Å². The summed E-state index contributed by atoms with van der Waals surface area (Å²) in [5.74, 6) is 1.98. The lowest BCUT2D eigenvalue weighted by molar-refractivity contribution is -0.121. The Morgan fingerprint density at radius 1 is 1.11 bits per heavy atom. The molecule has 2 N–H and O–H groups in total. The third-order valence-electron chi connectivity index (χ3n) is 6.89. The van der Waals surface area contributed by atoms with E-state index in [1.807, 2.05) is 6.92 Å². The van der Waals surface area contributed by atoms with Crippen LogP contribution in [0.1, 0.15) is 54.7 Å². The number of likely N-dealkylation sites (tertiary alicyclic amines) is 1. The number of aromatic nitrogens is 5. The molecule has 0 atom stereocenters. The van der Waals surface area contributed by atoms with Gasteiger partial charge in [-0.15, -0.1) is 0 Å². The van der Waals surface area contributed by atoms with Crippen LogP contribution in [-0.2, 0) is 24.2 Å². The van der Waals surface area contributed by atoms with Crippen molar-refractivity contribution in [3.63, 3.8) is 0 Å². The second-order valence-electron chi connectivity index (χ2n) is 9.65. The van der Waals surface area contributed by atoms with Gasteiger partial charge in [0.15, 0.2) is 5.65 Å². The maximum Gasteiger partial charge on any atom is 0.220 e. The number of hydrogen-bond acceptors (Lipinski definition) is 5. The van der Waals surface area contributed by atoms with Gasteiger partial charge in [-0.25, -0.2) is 15.0 Å². The molecule has 1 aliphatic heterocycles. The fourth-order valence-corrected chi connectivity index (χ4v) is 5.07. The second-order valence-corrected chi connectivity index (χ2v) is 9.65. The largest absolute Gasteiger partial charge is 0.355 e. The summed E-state index contributed by atoms with van der Waals surface area (Å²) >= 11 is 0. The standard InChI is InChI=1S/C27H35N7O/c1-4-24-32-26-18(2)15-19(3)29-27(26)34(24)17-20-7-8-21-22(16-20)31-23(30-21)9-10-25(35)28-11-14-33-12-5-6-13-33/h7-8,15-16H,4-6,9-14,17H2,1-3H3,(H,28,35)(H,30,31). The number of hydrogen-bond donors (Lipinski definition) is 2. The van der Waals surface area contributed by atoms with Crippen LogP contribution in [0.15, 0.2) is 24.3 Å². The molecule has 0 saturated carbocycles. The van der Waals surface area contributed by atoms with Gasteiger partial charge in [-0.05, 0) is 69.1 Å². The Bertz CT molecular complexity index is 1350. The van der Waals surface area contributed by atoms with Gasteiger partial charge >= 0.3 is 0 Å². The van der Waals surface area contributed by atoms with Crippen LogP contribution in [-0.4, -0.2) is 61.5 Å². The van der Waals surface area contributed by atoms with Gasteiger partial charge in [-0.1, -0.05) is 13.0 Å². The molecule has 0 spiro atoms. The van der Waals surface area contributed by atoms with Crippen LogP contribution < -0.4 is 5.32 Å². The van der Waals surface area contributed by atoms with Crippen LogP contribution in [0.3, 0.4) is 0 Å². The molecule has 184 valence electrons. The van der Waals surface area contributed by atoms with Gasteiger partial charge < -0.3 is 19.8 Å². The number of nitrogens with one attached hydrogen (secondary N) is 2. The number of aryl methyl sites for hydroxylation is 4. The third kappa shape index (κ3) is 5.22. The van der Waals surface area contributed by atoms with E-state index in [0.717, 1.165) is 77.7 Å². The predicted octanol–water partition coefficient (Wildman–Crippen LogP) is 3.68. The summed E-state index contributed by atoms with van der Waals surface area (Å²) in [5, 5.41) is 3.04. The highest BCUT2D eigenvalue weighted by atomic mass is 16.1. The normalized spacial score (nSPS) is 14.4. The Balaban J connectivity index is 1.25. The lowest BCUT2D eigenvalue weighted by Crippen LogP contribution is -2.33. The Kier molecular flexibility index (Phi) is 6.81. The first-order valence-corrected chi connectivity index (χ1v) is 12.8. The van der Waals surface area contributed by atoms with E-state index in [1.54, 1.807) is 0 Å². The summed E-state index contributed by atoms with van der Waals surface area (Å²) in [6.45, 7) is 10.9. The predicted molar refractivity (Wildman–Crippen MR) is 139 cm³/mol. The first-order chi connectivity index (χ1) is 17.0. The average molecular weight is 474 g/mol. The number of pyridine rings is 1. The van der Waals surface area contributed by atoms with Crippen LogP contribution in [0.2, 0.25) is 0 Å². The van der Waals surface area contributed by atoms with Crippen molar-refractivity contribution in [2.75, 3.05) is 26.2 Å². The molecule has 5 rings (SSSR count). The molecule has 8 heteroatoms. The minimum atomic E-state index is 0.0857. The molecular formula is C27H35N7O. The molecule has 0 radical (unpaired) electrons. The molecule has 1 aliphatic rings. The van der Waals surface area contributed by atoms with Crippen molar-refractivity contribution in [2.24, 2.45) is 0 Å². The SMILES string of the molecule is CCc1nc2c(C)cc(C)nc2n1Cc1ccc2nc(CCC(=O)NCCN3CCCC3)[nH]c2c1. The van der Waals surface area contributed by atoms with E-state index >= 15 is 0 Å². The molecule has 1 aromatic carbocycles. The first-order valence-electron chi connectivity index (χ1n) is 12.8. The lowest BCUT2D eigenvalue weighted by atomic mass is 10.2. The molecule has 0 bridgehead atoms. The van der Waals surface area contributed by atoms with Gasteiger partial charge in [-0.2, -0.15) is 0 Å². The minimum absolute atomic E-state index is 0.0857. The van der Waals surface area contributed by atoms with Gasteiger partial charge in [0.25, 0.3) is 0 Å². The minimum Gasteiger partial charge on any atom is -0.355 e. The summed E-state index contributed by atoms with van der Waals surface area (Å²) in [7, 11) is 0. The summed E-state index contributed by atoms with van der Waals surface area (Å²) in [4.78, 5) is 32.4. The second kappa shape index (κ2) is 10.2. The van der Waals surface area contributed by atoms with Gasteiger partial charge in [0.2, 0.25) is 5.91 Å². The molecule has 4 heterocycles. The van der Waals surface area contributed by atoms with Gasteiger partial charge in [0.1, 0.15) is 17.2 Å². The molecule has 35 heavy (non-hydrogen) atoms. The molecule has 8 nitrogen and oxygen atoms in total. The lowest BCUT2D eigenvalue weighted by Gasteiger charge is -2.14. The number of H-pyrrole nitrogens is 1. The van der Waals surface area contributed by atoms with E-state index in [-0.39, 0.29) is 5.91 Å². The van der Waals surface area contributed by atoms with Crippen LogP contribution in [0.25, 0.3) is 22.2 Å². The summed E-state index contributed by atoms with van der Waals surface area (Å²) in [5.41, 5.74) is 7.19. The van der Waals surface area contributed by atoms with E-state index in [2.05, 4.69) is 57.9 Å². The Morgan fingerprint density at radius 2 is 1.94 bits per heavy atom. The van der Waals surface area contributed by atoms with Gasteiger partial charge in [0, 0.05) is 38.0 Å². The number of rotatable bonds is 9. The van der Waals surface area contributed by atoms with Crippen LogP contribution >= 0.6 is 0 Å². The summed E-state index contributed by atoms with van der Waals surface area (Å²) < 4.78 is 2.22. The van der Waals surface area contributed by atoms with E-state index in [1.165, 1.54) is 18.4 Å². The number of carbonyl (C=O) groups excluding carboxylic acids is 1. The third-order valence-corrected chi connectivity index (χ3v) is 6.89. The van der Waals surface area contributed by atoms with Crippen molar-refractivity contribution in [3.05, 3.63) is 52.7 Å². The molecule has 4 aromatic rings. The topological polar surface area (TPSA) is 91.7 Å². The molecular weight excluding hydrogens is 438 g/mol. The average Bonchev–Trinajstić information content (AvgIpc) is 3.57. The van der Waals surface area contributed by atoms with Crippen molar-refractivity contribution in [3.8, 4) is 0 Å². The molecule has 1 amide bonds. The highest BCUT2D eigenvalue weighted by molar-refractivity contribution is 5.78. The van der Waals surface area contributed by atoms with Crippen molar-refractivity contribution in [1.29, 1.82) is 0 Å². The summed E-state index contributed by atoms with van der Waals surface area (Å²) in [6, 6.07) is 8.41. The molecule has 0 aliphatic carbocycles. The fraction of sp³-hybridized carbons (Fsp3) is 0.481. The fourth-order valence-electron chi connectivity index (χ4n) is 5.07. The Morgan fingerprint density at radius 3 is 2.74 bits per heavy atom. The number of fused-ring (bicyclic) bond motifs is 2. The zero-order valence-corrected chi connectivity index (χ0v) is 21.0. The van der Waals surface area contributed by atoms with Crippen molar-refractivity contribution in [1.82, 2.24) is 34.7 Å². The number of carbonyl (C=O) groups is 1. The zero-order chi connectivity index (χ0) is 24.4. The monoisotopic (exact) mass is 473 g/mol. The smallest absolute Gasteiger partial charge is 0.220 e. The maximum atomic E-state index is 12.3. The van der Waals surface area contributed by atoms with Crippen molar-refractivity contribution in [2.45, 2.75) is 59.4 Å².